The van der Waals surface area contributed by atoms with E-state index in [4.69, 9.17) is 0 Å². The highest BCUT2D eigenvalue weighted by atomic mass is 19.1. The second kappa shape index (κ2) is 5.85. The van der Waals surface area contributed by atoms with E-state index < -0.39 is 12.0 Å². The van der Waals surface area contributed by atoms with Gasteiger partial charge in [0.25, 0.3) is 0 Å². The van der Waals surface area contributed by atoms with Gasteiger partial charge < -0.3 is 10.0 Å². The number of anilines is 1. The van der Waals surface area contributed by atoms with Crippen LogP contribution in [0.2, 0.25) is 0 Å². The lowest BCUT2D eigenvalue weighted by Gasteiger charge is -2.24. The van der Waals surface area contributed by atoms with Crippen molar-refractivity contribution in [1.82, 2.24) is 0 Å². The highest BCUT2D eigenvalue weighted by Gasteiger charge is 2.33. The largest absolute Gasteiger partial charge is 0.480 e. The summed E-state index contributed by atoms with van der Waals surface area (Å²) in [7, 11) is 0. The molecule has 0 saturated carbocycles. The molecule has 98 valence electrons. The molecule has 1 heterocycles. The van der Waals surface area contributed by atoms with Crippen molar-refractivity contribution in [3.05, 3.63) is 29.8 Å². The number of carboxylic acid groups (broad SMARTS) is 1. The minimum Gasteiger partial charge on any atom is -0.480 e. The van der Waals surface area contributed by atoms with E-state index in [2.05, 4.69) is 0 Å². The summed E-state index contributed by atoms with van der Waals surface area (Å²) in [5, 5.41) is 9.26. The Bertz CT molecular complexity index is 422. The van der Waals surface area contributed by atoms with Crippen molar-refractivity contribution in [3.63, 3.8) is 0 Å². The quantitative estimate of drug-likeness (QED) is 0.790. The number of carboxylic acids is 1. The van der Waals surface area contributed by atoms with Crippen LogP contribution < -0.4 is 4.90 Å². The lowest BCUT2D eigenvalue weighted by Crippen LogP contribution is -2.39. The van der Waals surface area contributed by atoms with Crippen LogP contribution in [0.4, 0.5) is 10.1 Å². The second-order valence-electron chi connectivity index (χ2n) is 4.63. The molecule has 1 aromatic carbocycles. The fraction of sp³-hybridized carbons (Fsp3) is 0.500. The van der Waals surface area contributed by atoms with Crippen molar-refractivity contribution in [2.24, 2.45) is 0 Å². The summed E-state index contributed by atoms with van der Waals surface area (Å²) in [6.45, 7) is 0.396. The van der Waals surface area contributed by atoms with Crippen LogP contribution in [0.25, 0.3) is 0 Å². The fourth-order valence-electron chi connectivity index (χ4n) is 2.50. The molecule has 0 aromatic heterocycles. The van der Waals surface area contributed by atoms with E-state index in [-0.39, 0.29) is 6.67 Å². The Labute approximate surface area is 106 Å². The summed E-state index contributed by atoms with van der Waals surface area (Å²) in [6, 6.07) is 7.34. The minimum absolute atomic E-state index is 0.293. The zero-order valence-electron chi connectivity index (χ0n) is 10.3. The third-order valence-electron chi connectivity index (χ3n) is 3.41. The monoisotopic (exact) mass is 251 g/mol. The average molecular weight is 251 g/mol. The van der Waals surface area contributed by atoms with Gasteiger partial charge in [-0.25, -0.2) is 4.79 Å². The first-order chi connectivity index (χ1) is 8.74. The van der Waals surface area contributed by atoms with Crippen LogP contribution >= 0.6 is 0 Å². The predicted molar refractivity (Wildman–Crippen MR) is 68.7 cm³/mol. The Hall–Kier alpha value is -1.58. The molecule has 18 heavy (non-hydrogen) atoms. The van der Waals surface area contributed by atoms with Crippen molar-refractivity contribution in [3.8, 4) is 0 Å². The van der Waals surface area contributed by atoms with Crippen molar-refractivity contribution in [2.75, 3.05) is 18.1 Å². The van der Waals surface area contributed by atoms with E-state index in [1.54, 1.807) is 0 Å². The zero-order chi connectivity index (χ0) is 13.0. The number of unbranched alkanes of at least 4 members (excludes halogenated alkanes) is 2. The van der Waals surface area contributed by atoms with Crippen molar-refractivity contribution in [1.29, 1.82) is 0 Å². The molecule has 0 amide bonds. The number of hydrogen-bond acceptors (Lipinski definition) is 2. The highest BCUT2D eigenvalue weighted by Crippen LogP contribution is 2.32. The topological polar surface area (TPSA) is 40.5 Å². The molecule has 0 radical (unpaired) electrons. The van der Waals surface area contributed by atoms with Gasteiger partial charge in [0.1, 0.15) is 6.04 Å². The Morgan fingerprint density at radius 1 is 1.33 bits per heavy atom. The summed E-state index contributed by atoms with van der Waals surface area (Å²) in [6.07, 6.45) is 2.77. The smallest absolute Gasteiger partial charge is 0.326 e. The standard InChI is InChI=1S/C14H18FNO2/c15-8-4-1-5-9-16-12-7-3-2-6-11(12)10-13(16)14(17)18/h2-3,6-7,13H,1,4-5,8-10H2,(H,17,18). The third-order valence-corrected chi connectivity index (χ3v) is 3.41. The molecule has 0 saturated heterocycles. The number of hydrogen-bond donors (Lipinski definition) is 1. The maximum atomic E-state index is 12.0. The molecule has 1 aliphatic rings. The fourth-order valence-corrected chi connectivity index (χ4v) is 2.50. The number of benzene rings is 1. The first-order valence-corrected chi connectivity index (χ1v) is 6.37. The van der Waals surface area contributed by atoms with Gasteiger partial charge in [0.15, 0.2) is 0 Å². The number of rotatable bonds is 6. The Balaban J connectivity index is 2.06. The molecule has 4 heteroatoms. The number of carbonyl (C=O) groups is 1. The molecule has 3 nitrogen and oxygen atoms in total. The molecule has 0 spiro atoms. The Kier molecular flexibility index (Phi) is 4.18. The van der Waals surface area contributed by atoms with Crippen molar-refractivity contribution < 1.29 is 14.3 Å². The van der Waals surface area contributed by atoms with Crippen LogP contribution in [0.5, 0.6) is 0 Å². The van der Waals surface area contributed by atoms with Crippen LogP contribution in [0.1, 0.15) is 24.8 Å². The van der Waals surface area contributed by atoms with E-state index in [0.29, 0.717) is 19.4 Å². The molecule has 1 aliphatic heterocycles. The van der Waals surface area contributed by atoms with Crippen molar-refractivity contribution >= 4 is 11.7 Å². The lowest BCUT2D eigenvalue weighted by molar-refractivity contribution is -0.138. The maximum Gasteiger partial charge on any atom is 0.326 e. The number of para-hydroxylation sites is 1. The summed E-state index contributed by atoms with van der Waals surface area (Å²) in [5.74, 6) is -0.781. The van der Waals surface area contributed by atoms with E-state index in [9.17, 15) is 14.3 Å². The zero-order valence-corrected chi connectivity index (χ0v) is 10.3. The Morgan fingerprint density at radius 3 is 2.83 bits per heavy atom. The van der Waals surface area contributed by atoms with Gasteiger partial charge in [-0.3, -0.25) is 4.39 Å². The molecule has 1 atom stereocenters. The van der Waals surface area contributed by atoms with Gasteiger partial charge in [0, 0.05) is 18.7 Å². The van der Waals surface area contributed by atoms with E-state index in [0.717, 1.165) is 24.1 Å². The van der Waals surface area contributed by atoms with Gasteiger partial charge >= 0.3 is 5.97 Å². The van der Waals surface area contributed by atoms with Crippen molar-refractivity contribution in [2.45, 2.75) is 31.7 Å². The molecular formula is C14H18FNO2. The Morgan fingerprint density at radius 2 is 2.11 bits per heavy atom. The first-order valence-electron chi connectivity index (χ1n) is 6.37. The molecular weight excluding hydrogens is 233 g/mol. The van der Waals surface area contributed by atoms with Gasteiger partial charge in [0.2, 0.25) is 0 Å². The molecule has 0 bridgehead atoms. The summed E-state index contributed by atoms with van der Waals surface area (Å²) < 4.78 is 12.0. The molecule has 1 N–H and O–H groups in total. The van der Waals surface area contributed by atoms with Crippen LogP contribution in [0.3, 0.4) is 0 Å². The molecule has 1 aromatic rings. The van der Waals surface area contributed by atoms with Crippen LogP contribution in [0.15, 0.2) is 24.3 Å². The van der Waals surface area contributed by atoms with Crippen LogP contribution in [-0.2, 0) is 11.2 Å². The first kappa shape index (κ1) is 12.9. The SMILES string of the molecule is O=C(O)C1Cc2ccccc2N1CCCCCF. The van der Waals surface area contributed by atoms with E-state index in [1.165, 1.54) is 0 Å². The summed E-state index contributed by atoms with van der Waals surface area (Å²) in [5.41, 5.74) is 2.11. The lowest BCUT2D eigenvalue weighted by atomic mass is 10.1. The number of fused-ring (bicyclic) bond motifs is 1. The molecule has 0 fully saturated rings. The minimum atomic E-state index is -0.781. The molecule has 0 aliphatic carbocycles. The number of aliphatic carboxylic acids is 1. The van der Waals surface area contributed by atoms with E-state index in [1.807, 2.05) is 29.2 Å². The summed E-state index contributed by atoms with van der Waals surface area (Å²) in [4.78, 5) is 13.2. The molecule has 2 rings (SSSR count). The van der Waals surface area contributed by atoms with E-state index >= 15 is 0 Å². The van der Waals surface area contributed by atoms with Gasteiger partial charge in [-0.2, -0.15) is 0 Å². The van der Waals surface area contributed by atoms with Crippen LogP contribution in [0, 0.1) is 0 Å². The van der Waals surface area contributed by atoms with Gasteiger partial charge in [-0.15, -0.1) is 0 Å². The number of alkyl halides is 1. The van der Waals surface area contributed by atoms with Crippen LogP contribution in [-0.4, -0.2) is 30.3 Å². The molecule has 1 unspecified atom stereocenters. The summed E-state index contributed by atoms with van der Waals surface area (Å²) >= 11 is 0. The maximum absolute atomic E-state index is 12.0. The van der Waals surface area contributed by atoms with Gasteiger partial charge in [0.05, 0.1) is 6.67 Å². The average Bonchev–Trinajstić information content (AvgIpc) is 2.74. The normalized spacial score (nSPS) is 17.8. The third kappa shape index (κ3) is 2.63. The second-order valence-corrected chi connectivity index (χ2v) is 4.63. The van der Waals surface area contributed by atoms with Gasteiger partial charge in [-0.05, 0) is 30.9 Å². The van der Waals surface area contributed by atoms with Gasteiger partial charge in [-0.1, -0.05) is 18.2 Å². The number of halogens is 1. The highest BCUT2D eigenvalue weighted by molar-refractivity contribution is 5.82. The number of nitrogens with zero attached hydrogens (tertiary/aromatic N) is 1. The predicted octanol–water partition coefficient (Wildman–Crippen LogP) is 2.64.